The molecule has 0 radical (unpaired) electrons. The number of amides is 2. The summed E-state index contributed by atoms with van der Waals surface area (Å²) in [6.07, 6.45) is 0.568. The number of rotatable bonds is 5. The highest BCUT2D eigenvalue weighted by atomic mass is 16.5. The van der Waals surface area contributed by atoms with Gasteiger partial charge < -0.3 is 29.5 Å². The minimum absolute atomic E-state index is 0.118. The van der Waals surface area contributed by atoms with Gasteiger partial charge in [-0.1, -0.05) is 6.92 Å². The van der Waals surface area contributed by atoms with Gasteiger partial charge >= 0.3 is 12.0 Å². The summed E-state index contributed by atoms with van der Waals surface area (Å²) < 4.78 is 15.8. The Kier molecular flexibility index (Phi) is 5.95. The summed E-state index contributed by atoms with van der Waals surface area (Å²) in [4.78, 5) is 25.4. The van der Waals surface area contributed by atoms with Crippen LogP contribution in [0.2, 0.25) is 0 Å². The molecule has 138 valence electrons. The number of carbonyl (C=O) groups is 2. The number of carboxylic acids is 1. The average Bonchev–Trinajstić information content (AvgIpc) is 2.60. The molecule has 2 rings (SSSR count). The molecule has 2 atom stereocenters. The molecular formula is C17H24N2O6. The fraction of sp³-hybridized carbons (Fsp3) is 0.529. The Morgan fingerprint density at radius 1 is 1.08 bits per heavy atom. The molecular weight excluding hydrogens is 328 g/mol. The number of anilines is 1. The van der Waals surface area contributed by atoms with Crippen molar-refractivity contribution in [3.8, 4) is 17.2 Å². The third-order valence-corrected chi connectivity index (χ3v) is 4.24. The molecule has 0 spiro atoms. The molecule has 0 saturated carbocycles. The number of hydrogen-bond acceptors (Lipinski definition) is 5. The summed E-state index contributed by atoms with van der Waals surface area (Å²) >= 11 is 0. The van der Waals surface area contributed by atoms with Crippen LogP contribution in [0.5, 0.6) is 17.2 Å². The molecule has 0 aliphatic carbocycles. The quantitative estimate of drug-likeness (QED) is 0.844. The monoisotopic (exact) mass is 352 g/mol. The molecule has 1 saturated heterocycles. The van der Waals surface area contributed by atoms with E-state index in [4.69, 9.17) is 14.2 Å². The first kappa shape index (κ1) is 18.7. The first-order valence-corrected chi connectivity index (χ1v) is 7.98. The summed E-state index contributed by atoms with van der Waals surface area (Å²) in [5.74, 6) is 0.0393. The molecule has 8 nitrogen and oxygen atoms in total. The van der Waals surface area contributed by atoms with Crippen LogP contribution in [0.3, 0.4) is 0 Å². The van der Waals surface area contributed by atoms with Gasteiger partial charge in [-0.25, -0.2) is 4.79 Å². The predicted molar refractivity (Wildman–Crippen MR) is 91.6 cm³/mol. The number of nitrogens with one attached hydrogen (secondary N) is 1. The van der Waals surface area contributed by atoms with Crippen LogP contribution >= 0.6 is 0 Å². The van der Waals surface area contributed by atoms with Gasteiger partial charge in [0.15, 0.2) is 11.5 Å². The molecule has 8 heteroatoms. The molecule has 2 N–H and O–H groups in total. The Morgan fingerprint density at radius 2 is 1.68 bits per heavy atom. The summed E-state index contributed by atoms with van der Waals surface area (Å²) in [5, 5.41) is 12.0. The summed E-state index contributed by atoms with van der Waals surface area (Å²) in [6, 6.07) is 2.86. The second-order valence-electron chi connectivity index (χ2n) is 6.12. The fourth-order valence-electron chi connectivity index (χ4n) is 3.02. The molecule has 25 heavy (non-hydrogen) atoms. The van der Waals surface area contributed by atoms with Gasteiger partial charge in [0.25, 0.3) is 0 Å². The van der Waals surface area contributed by atoms with Crippen LogP contribution in [-0.4, -0.2) is 56.4 Å². The number of nitrogens with zero attached hydrogens (tertiary/aromatic N) is 1. The van der Waals surface area contributed by atoms with Crippen molar-refractivity contribution in [2.75, 3.05) is 39.7 Å². The number of aliphatic carboxylic acids is 1. The zero-order chi connectivity index (χ0) is 18.6. The lowest BCUT2D eigenvalue weighted by atomic mass is 9.91. The minimum Gasteiger partial charge on any atom is -0.494 e. The van der Waals surface area contributed by atoms with Crippen molar-refractivity contribution in [2.24, 2.45) is 11.8 Å². The van der Waals surface area contributed by atoms with E-state index in [9.17, 15) is 14.7 Å². The molecule has 0 bridgehead atoms. The highest BCUT2D eigenvalue weighted by molar-refractivity contribution is 5.92. The average molecular weight is 352 g/mol. The molecule has 1 aromatic rings. The van der Waals surface area contributed by atoms with Gasteiger partial charge in [-0.05, 0) is 12.3 Å². The normalized spacial score (nSPS) is 19.9. The van der Waals surface area contributed by atoms with Crippen molar-refractivity contribution in [2.45, 2.75) is 13.3 Å². The molecule has 1 fully saturated rings. The van der Waals surface area contributed by atoms with Gasteiger partial charge in [-0.2, -0.15) is 0 Å². The Labute approximate surface area is 146 Å². The molecule has 2 amide bonds. The molecule has 1 aliphatic rings. The number of carboxylic acid groups (broad SMARTS) is 1. The maximum Gasteiger partial charge on any atom is 0.321 e. The van der Waals surface area contributed by atoms with Crippen molar-refractivity contribution in [1.82, 2.24) is 4.90 Å². The van der Waals surface area contributed by atoms with E-state index in [1.54, 1.807) is 12.1 Å². The number of carbonyl (C=O) groups excluding carboxylic acids is 1. The Bertz CT molecular complexity index is 648. The van der Waals surface area contributed by atoms with E-state index in [-0.39, 0.29) is 18.5 Å². The van der Waals surface area contributed by atoms with Crippen molar-refractivity contribution in [1.29, 1.82) is 0 Å². The second-order valence-corrected chi connectivity index (χ2v) is 6.12. The number of methoxy groups -OCH3 is 3. The fourth-order valence-corrected chi connectivity index (χ4v) is 3.02. The van der Waals surface area contributed by atoms with E-state index < -0.39 is 11.9 Å². The summed E-state index contributed by atoms with van der Waals surface area (Å²) in [5.41, 5.74) is 0.426. The molecule has 0 aromatic heterocycles. The van der Waals surface area contributed by atoms with Crippen LogP contribution in [0, 0.1) is 11.8 Å². The van der Waals surface area contributed by atoms with E-state index in [1.807, 2.05) is 6.92 Å². The number of benzene rings is 1. The van der Waals surface area contributed by atoms with E-state index in [0.29, 0.717) is 35.9 Å². The van der Waals surface area contributed by atoms with E-state index >= 15 is 0 Å². The Hall–Kier alpha value is -2.64. The van der Waals surface area contributed by atoms with Crippen molar-refractivity contribution in [3.63, 3.8) is 0 Å². The van der Waals surface area contributed by atoms with Crippen LogP contribution in [-0.2, 0) is 4.79 Å². The lowest BCUT2D eigenvalue weighted by Gasteiger charge is -2.34. The molecule has 1 aliphatic heterocycles. The highest BCUT2D eigenvalue weighted by Crippen LogP contribution is 2.38. The third-order valence-electron chi connectivity index (χ3n) is 4.24. The van der Waals surface area contributed by atoms with E-state index in [2.05, 4.69) is 5.32 Å². The van der Waals surface area contributed by atoms with Crippen LogP contribution < -0.4 is 19.5 Å². The third kappa shape index (κ3) is 4.26. The lowest BCUT2D eigenvalue weighted by Crippen LogP contribution is -2.47. The SMILES string of the molecule is COc1cc(OC)c(OC)cc1NC(=O)N1CC(C)CC(C(=O)O)C1. The lowest BCUT2D eigenvalue weighted by molar-refractivity contribution is -0.143. The first-order chi connectivity index (χ1) is 11.9. The molecule has 2 unspecified atom stereocenters. The van der Waals surface area contributed by atoms with E-state index in [1.165, 1.54) is 26.2 Å². The van der Waals surface area contributed by atoms with E-state index in [0.717, 1.165) is 0 Å². The van der Waals surface area contributed by atoms with Crippen LogP contribution in [0.15, 0.2) is 12.1 Å². The standard InChI is InChI=1S/C17H24N2O6/c1-10-5-11(16(20)21)9-19(8-10)17(22)18-12-6-14(24-3)15(25-4)7-13(12)23-2/h6-7,10-11H,5,8-9H2,1-4H3,(H,18,22)(H,20,21). The van der Waals surface area contributed by atoms with Gasteiger partial charge in [-0.15, -0.1) is 0 Å². The number of hydrogen-bond donors (Lipinski definition) is 2. The largest absolute Gasteiger partial charge is 0.494 e. The van der Waals surface area contributed by atoms with Gasteiger partial charge in [-0.3, -0.25) is 4.79 Å². The van der Waals surface area contributed by atoms with Crippen molar-refractivity contribution >= 4 is 17.7 Å². The summed E-state index contributed by atoms with van der Waals surface area (Å²) in [6.45, 7) is 2.62. The van der Waals surface area contributed by atoms with Gasteiger partial charge in [0, 0.05) is 25.2 Å². The van der Waals surface area contributed by atoms with Crippen molar-refractivity contribution < 1.29 is 28.9 Å². The van der Waals surface area contributed by atoms with Crippen LogP contribution in [0.4, 0.5) is 10.5 Å². The predicted octanol–water partition coefficient (Wildman–Crippen LogP) is 2.29. The Morgan fingerprint density at radius 3 is 2.24 bits per heavy atom. The van der Waals surface area contributed by atoms with Gasteiger partial charge in [0.2, 0.25) is 0 Å². The van der Waals surface area contributed by atoms with Gasteiger partial charge in [0.1, 0.15) is 5.75 Å². The second kappa shape index (κ2) is 7.96. The number of urea groups is 1. The number of piperidine rings is 1. The molecule has 1 heterocycles. The maximum atomic E-state index is 12.6. The Balaban J connectivity index is 2.20. The maximum absolute atomic E-state index is 12.6. The van der Waals surface area contributed by atoms with Gasteiger partial charge in [0.05, 0.1) is 32.9 Å². The number of ether oxygens (including phenoxy) is 3. The highest BCUT2D eigenvalue weighted by Gasteiger charge is 2.32. The van der Waals surface area contributed by atoms with Crippen molar-refractivity contribution in [3.05, 3.63) is 12.1 Å². The first-order valence-electron chi connectivity index (χ1n) is 7.98. The minimum atomic E-state index is -0.881. The zero-order valence-corrected chi connectivity index (χ0v) is 14.9. The van der Waals surface area contributed by atoms with Crippen LogP contribution in [0.1, 0.15) is 13.3 Å². The summed E-state index contributed by atoms with van der Waals surface area (Å²) in [7, 11) is 4.50. The number of likely N-dealkylation sites (tertiary alicyclic amines) is 1. The smallest absolute Gasteiger partial charge is 0.321 e. The molecule has 1 aromatic carbocycles. The zero-order valence-electron chi connectivity index (χ0n) is 14.9. The van der Waals surface area contributed by atoms with Crippen LogP contribution in [0.25, 0.3) is 0 Å². The topological polar surface area (TPSA) is 97.3 Å².